The summed E-state index contributed by atoms with van der Waals surface area (Å²) in [5.41, 5.74) is 0.921. The SMILES string of the molecule is CN(C)[C@]1(c2ccccc2)CC[C@@]2(CC1)CN(Cc1cn(CCO)nn1)C(=O)N2CC1(O)CCC1. The minimum absolute atomic E-state index is 0.00401. The molecule has 1 spiro atoms. The third kappa shape index (κ3) is 4.34. The largest absolute Gasteiger partial charge is 0.394 e. The quantitative estimate of drug-likeness (QED) is 0.599. The Hall–Kier alpha value is -2.49. The standard InChI is InChI=1S/C26H38N6O3/c1-29(2)26(21-7-4-3-5-8-21)13-11-24(12-14-26)19-30(17-22-18-31(15-16-33)28-27-22)23(34)32(24)20-25(35)9-6-10-25/h3-5,7-8,18,33,35H,6,9-17,19-20H2,1-2H3/t24-,26-. The van der Waals surface area contributed by atoms with Crippen LogP contribution in [0.1, 0.15) is 56.2 Å². The van der Waals surface area contributed by atoms with Crippen molar-refractivity contribution >= 4 is 6.03 Å². The highest BCUT2D eigenvalue weighted by Crippen LogP contribution is 2.50. The number of carbonyl (C=O) groups excluding carboxylic acids is 1. The molecule has 2 aromatic rings. The van der Waals surface area contributed by atoms with Gasteiger partial charge in [-0.2, -0.15) is 0 Å². The Labute approximate surface area is 207 Å². The Bertz CT molecular complexity index is 1030. The lowest BCUT2D eigenvalue weighted by Gasteiger charge is -2.52. The summed E-state index contributed by atoms with van der Waals surface area (Å²) in [6.45, 7) is 1.80. The third-order valence-corrected chi connectivity index (χ3v) is 8.74. The van der Waals surface area contributed by atoms with E-state index in [1.807, 2.05) is 9.80 Å². The molecule has 2 N–H and O–H groups in total. The van der Waals surface area contributed by atoms with Crippen molar-refractivity contribution in [2.75, 3.05) is 33.8 Å². The predicted octanol–water partition coefficient (Wildman–Crippen LogP) is 2.19. The molecule has 0 radical (unpaired) electrons. The van der Waals surface area contributed by atoms with E-state index in [9.17, 15) is 9.90 Å². The van der Waals surface area contributed by atoms with Crippen LogP contribution in [0.25, 0.3) is 0 Å². The Balaban J connectivity index is 1.40. The maximum atomic E-state index is 13.7. The van der Waals surface area contributed by atoms with Crippen molar-refractivity contribution in [2.24, 2.45) is 0 Å². The van der Waals surface area contributed by atoms with Gasteiger partial charge in [0.15, 0.2) is 0 Å². The number of β-amino-alcohol motifs (C(OH)–C–C–N with tert-alkyl or cyclic N) is 1. The summed E-state index contributed by atoms with van der Waals surface area (Å²) in [4.78, 5) is 19.9. The monoisotopic (exact) mass is 482 g/mol. The molecule has 9 nitrogen and oxygen atoms in total. The van der Waals surface area contributed by atoms with E-state index < -0.39 is 5.60 Å². The lowest BCUT2D eigenvalue weighted by atomic mass is 9.67. The number of aliphatic hydroxyl groups excluding tert-OH is 1. The van der Waals surface area contributed by atoms with E-state index in [1.54, 1.807) is 10.9 Å². The van der Waals surface area contributed by atoms with E-state index in [1.165, 1.54) is 5.56 Å². The number of urea groups is 1. The number of hydrogen-bond donors (Lipinski definition) is 2. The van der Waals surface area contributed by atoms with Crippen LogP contribution >= 0.6 is 0 Å². The van der Waals surface area contributed by atoms with Gasteiger partial charge in [0, 0.05) is 12.1 Å². The highest BCUT2D eigenvalue weighted by molar-refractivity contribution is 5.78. The fourth-order valence-electron chi connectivity index (χ4n) is 6.40. The smallest absolute Gasteiger partial charge is 0.321 e. The van der Waals surface area contributed by atoms with Crippen LogP contribution in [0.5, 0.6) is 0 Å². The molecular formula is C26H38N6O3. The first kappa shape index (κ1) is 24.2. The summed E-state index contributed by atoms with van der Waals surface area (Å²) in [6, 6.07) is 10.7. The second-order valence-corrected chi connectivity index (χ2v) is 11.0. The summed E-state index contributed by atoms with van der Waals surface area (Å²) >= 11 is 0. The fourth-order valence-corrected chi connectivity index (χ4v) is 6.40. The number of amides is 2. The lowest BCUT2D eigenvalue weighted by molar-refractivity contribution is -0.0725. The number of rotatable bonds is 8. The lowest BCUT2D eigenvalue weighted by Crippen LogP contribution is -2.59. The minimum Gasteiger partial charge on any atom is -0.394 e. The van der Waals surface area contributed by atoms with E-state index >= 15 is 0 Å². The Morgan fingerprint density at radius 1 is 1.06 bits per heavy atom. The number of aliphatic hydroxyl groups is 2. The molecule has 3 fully saturated rings. The van der Waals surface area contributed by atoms with Gasteiger partial charge in [-0.1, -0.05) is 35.5 Å². The second-order valence-electron chi connectivity index (χ2n) is 11.0. The predicted molar refractivity (Wildman–Crippen MR) is 131 cm³/mol. The Morgan fingerprint density at radius 3 is 2.37 bits per heavy atom. The van der Waals surface area contributed by atoms with Gasteiger partial charge in [-0.3, -0.25) is 4.90 Å². The summed E-state index contributed by atoms with van der Waals surface area (Å²) in [5.74, 6) is 0. The summed E-state index contributed by atoms with van der Waals surface area (Å²) in [7, 11) is 4.31. The Morgan fingerprint density at radius 2 is 1.77 bits per heavy atom. The maximum absolute atomic E-state index is 13.7. The van der Waals surface area contributed by atoms with Crippen LogP contribution in [0.3, 0.4) is 0 Å². The average molecular weight is 483 g/mol. The van der Waals surface area contributed by atoms with E-state index in [0.29, 0.717) is 31.9 Å². The Kier molecular flexibility index (Phi) is 6.35. The van der Waals surface area contributed by atoms with Crippen molar-refractivity contribution in [1.29, 1.82) is 0 Å². The van der Waals surface area contributed by atoms with Crippen LogP contribution in [0.4, 0.5) is 4.79 Å². The van der Waals surface area contributed by atoms with Crippen LogP contribution in [0, 0.1) is 0 Å². The number of nitrogens with zero attached hydrogens (tertiary/aromatic N) is 6. The first-order chi connectivity index (χ1) is 16.8. The van der Waals surface area contributed by atoms with Crippen LogP contribution in [0.15, 0.2) is 36.5 Å². The molecule has 2 amide bonds. The van der Waals surface area contributed by atoms with E-state index in [2.05, 4.69) is 59.6 Å². The van der Waals surface area contributed by atoms with Gasteiger partial charge < -0.3 is 20.0 Å². The van der Waals surface area contributed by atoms with Gasteiger partial charge >= 0.3 is 6.03 Å². The zero-order chi connectivity index (χ0) is 24.7. The number of aromatic nitrogens is 3. The van der Waals surface area contributed by atoms with Crippen molar-refractivity contribution in [3.05, 3.63) is 47.8 Å². The van der Waals surface area contributed by atoms with Gasteiger partial charge in [-0.25, -0.2) is 9.48 Å². The molecule has 0 atom stereocenters. The molecule has 2 saturated carbocycles. The molecule has 0 unspecified atom stereocenters. The van der Waals surface area contributed by atoms with Gasteiger partial charge in [-0.05, 0) is 64.6 Å². The highest BCUT2D eigenvalue weighted by atomic mass is 16.3. The first-order valence-corrected chi connectivity index (χ1v) is 12.8. The molecule has 190 valence electrons. The molecule has 0 bridgehead atoms. The topological polar surface area (TPSA) is 98.0 Å². The molecule has 1 aromatic heterocycles. The van der Waals surface area contributed by atoms with Gasteiger partial charge in [0.25, 0.3) is 0 Å². The maximum Gasteiger partial charge on any atom is 0.321 e. The van der Waals surface area contributed by atoms with Gasteiger partial charge in [0.05, 0.1) is 43.6 Å². The van der Waals surface area contributed by atoms with Gasteiger partial charge in [0.1, 0.15) is 5.69 Å². The van der Waals surface area contributed by atoms with Crippen molar-refractivity contribution < 1.29 is 15.0 Å². The third-order valence-electron chi connectivity index (χ3n) is 8.74. The summed E-state index contributed by atoms with van der Waals surface area (Å²) in [5, 5.41) is 28.5. The molecular weight excluding hydrogens is 444 g/mol. The zero-order valence-corrected chi connectivity index (χ0v) is 20.9. The van der Waals surface area contributed by atoms with E-state index in [-0.39, 0.29) is 23.7 Å². The molecule has 1 saturated heterocycles. The fraction of sp³-hybridized carbons (Fsp3) is 0.654. The highest BCUT2D eigenvalue weighted by Gasteiger charge is 2.56. The number of benzene rings is 1. The zero-order valence-electron chi connectivity index (χ0n) is 20.9. The molecule has 1 aliphatic heterocycles. The van der Waals surface area contributed by atoms with Gasteiger partial charge in [0.2, 0.25) is 0 Å². The van der Waals surface area contributed by atoms with Crippen molar-refractivity contribution in [1.82, 2.24) is 29.7 Å². The normalized spacial score (nSPS) is 28.2. The molecule has 35 heavy (non-hydrogen) atoms. The van der Waals surface area contributed by atoms with Crippen LogP contribution in [-0.2, 0) is 18.6 Å². The molecule has 3 aliphatic rings. The summed E-state index contributed by atoms with van der Waals surface area (Å²) < 4.78 is 1.60. The number of carbonyl (C=O) groups is 1. The molecule has 1 aromatic carbocycles. The minimum atomic E-state index is -0.765. The average Bonchev–Trinajstić information content (AvgIpc) is 3.37. The van der Waals surface area contributed by atoms with Gasteiger partial charge in [-0.15, -0.1) is 5.10 Å². The molecule has 2 heterocycles. The first-order valence-electron chi connectivity index (χ1n) is 12.8. The van der Waals surface area contributed by atoms with Crippen molar-refractivity contribution in [3.63, 3.8) is 0 Å². The van der Waals surface area contributed by atoms with Crippen LogP contribution in [-0.4, -0.2) is 90.9 Å². The second kappa shape index (κ2) is 9.19. The van der Waals surface area contributed by atoms with Crippen LogP contribution in [0.2, 0.25) is 0 Å². The molecule has 5 rings (SSSR count). The molecule has 9 heteroatoms. The number of hydrogen-bond acceptors (Lipinski definition) is 6. The van der Waals surface area contributed by atoms with Crippen molar-refractivity contribution in [2.45, 2.75) is 74.7 Å². The van der Waals surface area contributed by atoms with Crippen molar-refractivity contribution in [3.8, 4) is 0 Å². The van der Waals surface area contributed by atoms with Crippen LogP contribution < -0.4 is 0 Å². The molecule has 2 aliphatic carbocycles. The van der Waals surface area contributed by atoms with E-state index in [0.717, 1.165) is 44.9 Å². The van der Waals surface area contributed by atoms with E-state index in [4.69, 9.17) is 5.11 Å². The summed E-state index contributed by atoms with van der Waals surface area (Å²) in [6.07, 6.45) is 8.00.